The van der Waals surface area contributed by atoms with E-state index in [0.29, 0.717) is 12.2 Å². The molecule has 3 amide bonds. The van der Waals surface area contributed by atoms with Crippen molar-refractivity contribution in [3.05, 3.63) is 59.4 Å². The molecule has 0 aliphatic carbocycles. The predicted octanol–water partition coefficient (Wildman–Crippen LogP) is 3.24. The van der Waals surface area contributed by atoms with Gasteiger partial charge in [-0.05, 0) is 43.7 Å². The van der Waals surface area contributed by atoms with Crippen LogP contribution >= 0.6 is 0 Å². The van der Waals surface area contributed by atoms with Gasteiger partial charge in [-0.25, -0.2) is 9.18 Å². The zero-order chi connectivity index (χ0) is 20.3. The Kier molecular flexibility index (Phi) is 5.82. The molecule has 0 radical (unpaired) electrons. The average Bonchev–Trinajstić information content (AvgIpc) is 2.69. The van der Waals surface area contributed by atoms with Crippen molar-refractivity contribution in [1.82, 2.24) is 10.2 Å². The largest absolute Gasteiger partial charge is 0.367 e. The maximum absolute atomic E-state index is 13.8. The lowest BCUT2D eigenvalue weighted by Gasteiger charge is -2.41. The maximum Gasteiger partial charge on any atom is 0.322 e. The highest BCUT2D eigenvalue weighted by atomic mass is 19.1. The molecule has 0 spiro atoms. The summed E-state index contributed by atoms with van der Waals surface area (Å²) in [6.45, 7) is 6.12. The molecule has 1 aliphatic heterocycles. The number of anilines is 2. The maximum atomic E-state index is 13.8. The van der Waals surface area contributed by atoms with Crippen LogP contribution in [0, 0.1) is 12.7 Å². The summed E-state index contributed by atoms with van der Waals surface area (Å²) in [5, 5.41) is 5.17. The number of aryl methyl sites for hydroxylation is 1. The van der Waals surface area contributed by atoms with Gasteiger partial charge < -0.3 is 20.4 Å². The molecule has 0 aromatic heterocycles. The van der Waals surface area contributed by atoms with Crippen molar-refractivity contribution in [2.75, 3.05) is 36.9 Å². The summed E-state index contributed by atoms with van der Waals surface area (Å²) < 4.78 is 13.8. The molecule has 6 nitrogen and oxygen atoms in total. The zero-order valence-corrected chi connectivity index (χ0v) is 16.3. The molecule has 1 aliphatic rings. The summed E-state index contributed by atoms with van der Waals surface area (Å²) >= 11 is 0. The Hall–Kier alpha value is -3.09. The monoisotopic (exact) mass is 384 g/mol. The lowest BCUT2D eigenvalue weighted by molar-refractivity contribution is 0.0959. The zero-order valence-electron chi connectivity index (χ0n) is 16.3. The van der Waals surface area contributed by atoms with Gasteiger partial charge in [-0.1, -0.05) is 18.2 Å². The molecule has 0 saturated carbocycles. The smallest absolute Gasteiger partial charge is 0.322 e. The topological polar surface area (TPSA) is 64.7 Å². The van der Waals surface area contributed by atoms with E-state index in [1.54, 1.807) is 4.90 Å². The van der Waals surface area contributed by atoms with E-state index in [0.717, 1.165) is 13.1 Å². The minimum atomic E-state index is -0.627. The fraction of sp³-hybridized carbons (Fsp3) is 0.333. The molecular weight excluding hydrogens is 359 g/mol. The first-order valence-electron chi connectivity index (χ1n) is 9.30. The molecule has 7 heteroatoms. The van der Waals surface area contributed by atoms with Crippen LogP contribution in [0.2, 0.25) is 0 Å². The first-order chi connectivity index (χ1) is 13.4. The Balaban J connectivity index is 1.68. The van der Waals surface area contributed by atoms with Crippen molar-refractivity contribution >= 4 is 23.3 Å². The highest BCUT2D eigenvalue weighted by Gasteiger charge is 2.28. The quantitative estimate of drug-likeness (QED) is 0.854. The number of rotatable bonds is 3. The van der Waals surface area contributed by atoms with Gasteiger partial charge >= 0.3 is 6.03 Å². The second kappa shape index (κ2) is 8.29. The fourth-order valence-electron chi connectivity index (χ4n) is 3.50. The van der Waals surface area contributed by atoms with Gasteiger partial charge in [0.25, 0.3) is 5.91 Å². The van der Waals surface area contributed by atoms with Gasteiger partial charge in [-0.2, -0.15) is 0 Å². The first kappa shape index (κ1) is 19.7. The molecule has 0 unspecified atom stereocenters. The van der Waals surface area contributed by atoms with E-state index in [4.69, 9.17) is 0 Å². The van der Waals surface area contributed by atoms with Crippen LogP contribution in [0.25, 0.3) is 0 Å². The number of hydrogen-bond acceptors (Lipinski definition) is 3. The molecule has 1 fully saturated rings. The molecule has 2 aromatic carbocycles. The molecule has 0 bridgehead atoms. The number of nitrogens with one attached hydrogen (secondary N) is 2. The van der Waals surface area contributed by atoms with Gasteiger partial charge in [0.05, 0.1) is 5.56 Å². The second-order valence-corrected chi connectivity index (χ2v) is 6.98. The third kappa shape index (κ3) is 4.08. The first-order valence-corrected chi connectivity index (χ1v) is 9.30. The van der Waals surface area contributed by atoms with Crippen molar-refractivity contribution in [3.63, 3.8) is 0 Å². The van der Waals surface area contributed by atoms with Crippen LogP contribution in [-0.2, 0) is 0 Å². The molecule has 2 aromatic rings. The van der Waals surface area contributed by atoms with Crippen molar-refractivity contribution in [2.24, 2.45) is 0 Å². The molecule has 1 heterocycles. The van der Waals surface area contributed by atoms with Crippen LogP contribution in [0.3, 0.4) is 0 Å². The molecule has 148 valence electrons. The minimum Gasteiger partial charge on any atom is -0.367 e. The number of carbonyl (C=O) groups excluding carboxylic acids is 2. The lowest BCUT2D eigenvalue weighted by Crippen LogP contribution is -2.55. The van der Waals surface area contributed by atoms with Gasteiger partial charge in [-0.15, -0.1) is 0 Å². The van der Waals surface area contributed by atoms with Crippen LogP contribution in [-0.4, -0.2) is 49.6 Å². The van der Waals surface area contributed by atoms with Gasteiger partial charge in [0, 0.05) is 44.1 Å². The number of nitrogens with zero attached hydrogens (tertiary/aromatic N) is 2. The summed E-state index contributed by atoms with van der Waals surface area (Å²) in [6, 6.07) is 11.9. The normalized spacial score (nSPS) is 16.6. The van der Waals surface area contributed by atoms with Crippen molar-refractivity contribution in [1.29, 1.82) is 0 Å². The number of carbonyl (C=O) groups is 2. The Morgan fingerprint density at radius 3 is 2.57 bits per heavy atom. The number of para-hydroxylation sites is 1. The van der Waals surface area contributed by atoms with E-state index in [2.05, 4.69) is 34.6 Å². The molecule has 3 rings (SSSR count). The minimum absolute atomic E-state index is 0.00668. The van der Waals surface area contributed by atoms with E-state index in [1.807, 2.05) is 19.1 Å². The predicted molar refractivity (Wildman–Crippen MR) is 108 cm³/mol. The number of hydrogen-bond donors (Lipinski definition) is 2. The highest BCUT2D eigenvalue weighted by Crippen LogP contribution is 2.23. The summed E-state index contributed by atoms with van der Waals surface area (Å²) in [5.41, 5.74) is 2.68. The third-order valence-electron chi connectivity index (χ3n) is 5.03. The Labute approximate surface area is 164 Å². The number of urea groups is 1. The molecule has 1 saturated heterocycles. The highest BCUT2D eigenvalue weighted by molar-refractivity contribution is 5.97. The van der Waals surface area contributed by atoms with E-state index >= 15 is 0 Å². The second-order valence-electron chi connectivity index (χ2n) is 6.98. The summed E-state index contributed by atoms with van der Waals surface area (Å²) in [5.74, 6) is -1.16. The fourth-order valence-corrected chi connectivity index (χ4v) is 3.50. The van der Waals surface area contributed by atoms with E-state index in [9.17, 15) is 14.0 Å². The average molecular weight is 384 g/mol. The van der Waals surface area contributed by atoms with Crippen LogP contribution in [0.15, 0.2) is 42.5 Å². The Bertz CT molecular complexity index is 886. The number of piperazine rings is 1. The van der Waals surface area contributed by atoms with Crippen molar-refractivity contribution < 1.29 is 14.0 Å². The van der Waals surface area contributed by atoms with E-state index in [1.165, 1.54) is 36.5 Å². The Morgan fingerprint density at radius 2 is 1.89 bits per heavy atom. The van der Waals surface area contributed by atoms with Gasteiger partial charge in [-0.3, -0.25) is 4.79 Å². The van der Waals surface area contributed by atoms with Crippen LogP contribution in [0.1, 0.15) is 22.8 Å². The van der Waals surface area contributed by atoms with E-state index in [-0.39, 0.29) is 17.6 Å². The number of amides is 3. The lowest BCUT2D eigenvalue weighted by atomic mass is 10.1. The molecule has 28 heavy (non-hydrogen) atoms. The van der Waals surface area contributed by atoms with Crippen LogP contribution in [0.4, 0.5) is 20.6 Å². The molecule has 1 atom stereocenters. The number of benzene rings is 2. The molecular formula is C21H25FN4O2. The van der Waals surface area contributed by atoms with Crippen molar-refractivity contribution in [2.45, 2.75) is 19.9 Å². The standard InChI is InChI=1S/C21H25FN4O2/c1-14-6-4-5-7-19(14)25-10-11-26(15(2)13-25)21(28)24-16-8-9-18(22)17(12-16)20(27)23-3/h4-9,12,15H,10-11,13H2,1-3H3,(H,23,27)(H,24,28)/t15-/m1/s1. The Morgan fingerprint density at radius 1 is 1.14 bits per heavy atom. The third-order valence-corrected chi connectivity index (χ3v) is 5.03. The summed E-state index contributed by atoms with van der Waals surface area (Å²) in [7, 11) is 1.43. The van der Waals surface area contributed by atoms with Crippen LogP contribution in [0.5, 0.6) is 0 Å². The van der Waals surface area contributed by atoms with Crippen molar-refractivity contribution in [3.8, 4) is 0 Å². The van der Waals surface area contributed by atoms with E-state index < -0.39 is 11.7 Å². The number of halogens is 1. The summed E-state index contributed by atoms with van der Waals surface area (Å²) in [6.07, 6.45) is 0. The SMILES string of the molecule is CNC(=O)c1cc(NC(=O)N2CCN(c3ccccc3C)C[C@H]2C)ccc1F. The van der Waals surface area contributed by atoms with Gasteiger partial charge in [0.1, 0.15) is 5.82 Å². The summed E-state index contributed by atoms with van der Waals surface area (Å²) in [4.78, 5) is 28.5. The van der Waals surface area contributed by atoms with Gasteiger partial charge in [0.15, 0.2) is 0 Å². The van der Waals surface area contributed by atoms with Crippen LogP contribution < -0.4 is 15.5 Å². The van der Waals surface area contributed by atoms with Gasteiger partial charge in [0.2, 0.25) is 0 Å². The molecule has 2 N–H and O–H groups in total.